The van der Waals surface area contributed by atoms with Gasteiger partial charge in [-0.1, -0.05) is 43.3 Å². The first-order valence-corrected chi connectivity index (χ1v) is 14.3. The molecule has 196 valence electrons. The van der Waals surface area contributed by atoms with Crippen LogP contribution in [0, 0.1) is 12.8 Å². The van der Waals surface area contributed by atoms with E-state index in [2.05, 4.69) is 59.3 Å². The number of fused-ring (bicyclic) bond motifs is 1. The van der Waals surface area contributed by atoms with E-state index in [1.54, 1.807) is 11.3 Å². The zero-order valence-electron chi connectivity index (χ0n) is 21.7. The molecule has 2 saturated heterocycles. The van der Waals surface area contributed by atoms with Crippen LogP contribution in [-0.2, 0) is 14.3 Å². The van der Waals surface area contributed by atoms with Crippen molar-refractivity contribution in [1.82, 2.24) is 20.5 Å². The summed E-state index contributed by atoms with van der Waals surface area (Å²) in [5.41, 5.74) is 3.32. The van der Waals surface area contributed by atoms with Crippen LogP contribution >= 0.6 is 11.3 Å². The van der Waals surface area contributed by atoms with Crippen LogP contribution in [0.4, 0.5) is 0 Å². The number of carbonyl (C=O) groups excluding carboxylic acids is 2. The zero-order valence-corrected chi connectivity index (χ0v) is 22.5. The molecule has 7 nitrogen and oxygen atoms in total. The molecule has 37 heavy (non-hydrogen) atoms. The highest BCUT2D eigenvalue weighted by Gasteiger charge is 2.39. The molecule has 2 atom stereocenters. The van der Waals surface area contributed by atoms with Gasteiger partial charge in [0.05, 0.1) is 18.3 Å². The van der Waals surface area contributed by atoms with Gasteiger partial charge in [-0.2, -0.15) is 0 Å². The van der Waals surface area contributed by atoms with Gasteiger partial charge in [0.1, 0.15) is 11.0 Å². The van der Waals surface area contributed by atoms with E-state index in [1.807, 2.05) is 11.8 Å². The summed E-state index contributed by atoms with van der Waals surface area (Å²) in [5, 5.41) is 11.6. The number of likely N-dealkylation sites (N-methyl/N-ethyl adjacent to an activating group) is 1. The van der Waals surface area contributed by atoms with Crippen LogP contribution in [-0.4, -0.2) is 60.6 Å². The Kier molecular flexibility index (Phi) is 8.17. The number of amides is 2. The van der Waals surface area contributed by atoms with E-state index in [9.17, 15) is 9.59 Å². The minimum atomic E-state index is -0.531. The zero-order chi connectivity index (χ0) is 25.8. The number of aromatic nitrogens is 1. The van der Waals surface area contributed by atoms with Crippen LogP contribution in [0.1, 0.15) is 49.2 Å². The largest absolute Gasteiger partial charge is 0.381 e. The van der Waals surface area contributed by atoms with Gasteiger partial charge in [0.2, 0.25) is 11.8 Å². The average Bonchev–Trinajstić information content (AvgIpc) is 3.61. The van der Waals surface area contributed by atoms with Crippen molar-refractivity contribution in [2.75, 3.05) is 32.8 Å². The molecule has 0 radical (unpaired) electrons. The normalized spacial score (nSPS) is 19.3. The Hall–Kier alpha value is -2.81. The first-order valence-electron chi connectivity index (χ1n) is 13.4. The fourth-order valence-electron chi connectivity index (χ4n) is 5.60. The highest BCUT2D eigenvalue weighted by Crippen LogP contribution is 2.38. The van der Waals surface area contributed by atoms with Gasteiger partial charge in [-0.25, -0.2) is 4.98 Å². The van der Waals surface area contributed by atoms with Crippen molar-refractivity contribution < 1.29 is 14.3 Å². The van der Waals surface area contributed by atoms with Gasteiger partial charge >= 0.3 is 0 Å². The number of likely N-dealkylation sites (tertiary alicyclic amines) is 1. The Labute approximate surface area is 222 Å². The number of hydrogen-bond acceptors (Lipinski definition) is 6. The maximum absolute atomic E-state index is 14.0. The van der Waals surface area contributed by atoms with Crippen molar-refractivity contribution in [1.29, 1.82) is 0 Å². The fourth-order valence-corrected chi connectivity index (χ4v) is 6.56. The number of benzene rings is 2. The molecular weight excluding hydrogens is 484 g/mol. The second-order valence-electron chi connectivity index (χ2n) is 10.0. The molecule has 2 amide bonds. The Bertz CT molecular complexity index is 1250. The lowest BCUT2D eigenvalue weighted by Gasteiger charge is -2.34. The van der Waals surface area contributed by atoms with Crippen molar-refractivity contribution in [3.63, 3.8) is 0 Å². The Morgan fingerprint density at radius 1 is 1.14 bits per heavy atom. The second-order valence-corrected chi connectivity index (χ2v) is 10.9. The first kappa shape index (κ1) is 25.8. The van der Waals surface area contributed by atoms with Crippen molar-refractivity contribution >= 4 is 33.9 Å². The van der Waals surface area contributed by atoms with Gasteiger partial charge in [0.25, 0.3) is 0 Å². The lowest BCUT2D eigenvalue weighted by molar-refractivity contribution is -0.139. The summed E-state index contributed by atoms with van der Waals surface area (Å²) in [6.07, 6.45) is 3.38. The topological polar surface area (TPSA) is 83.6 Å². The van der Waals surface area contributed by atoms with Crippen molar-refractivity contribution in [3.05, 3.63) is 52.3 Å². The van der Waals surface area contributed by atoms with Gasteiger partial charge < -0.3 is 20.3 Å². The predicted octanol–water partition coefficient (Wildman–Crippen LogP) is 4.46. The van der Waals surface area contributed by atoms with E-state index in [4.69, 9.17) is 9.72 Å². The molecule has 8 heteroatoms. The third-order valence-electron chi connectivity index (χ3n) is 7.62. The molecule has 1 aromatic heterocycles. The average molecular weight is 521 g/mol. The quantitative estimate of drug-likeness (QED) is 0.458. The van der Waals surface area contributed by atoms with Crippen LogP contribution in [0.2, 0.25) is 0 Å². The SMILES string of the molecule is CCNCC(=O)N[C@H](C(=O)N1CCC[C@H]1c1nc(-c2ccc(C)c3ccccc23)cs1)C1CCOCC1. The van der Waals surface area contributed by atoms with E-state index < -0.39 is 6.04 Å². The fraction of sp³-hybridized carbons (Fsp3) is 0.483. The maximum Gasteiger partial charge on any atom is 0.246 e. The summed E-state index contributed by atoms with van der Waals surface area (Å²) < 4.78 is 5.54. The van der Waals surface area contributed by atoms with Gasteiger partial charge in [-0.05, 0) is 61.4 Å². The number of nitrogens with zero attached hydrogens (tertiary/aromatic N) is 2. The molecule has 3 aromatic rings. The highest BCUT2D eigenvalue weighted by molar-refractivity contribution is 7.10. The number of ether oxygens (including phenoxy) is 1. The number of carbonyl (C=O) groups is 2. The standard InChI is InChI=1S/C29H36N4O3S/c1-3-30-17-26(34)32-27(20-12-15-36-16-13-20)29(35)33-14-6-9-25(33)28-31-24(18-37-28)23-11-10-19(2)21-7-4-5-8-22(21)23/h4-5,7-8,10-11,18,20,25,27,30H,3,6,9,12-17H2,1-2H3,(H,32,34)/t25-,27-/m0/s1. The molecule has 2 aliphatic rings. The summed E-state index contributed by atoms with van der Waals surface area (Å²) in [7, 11) is 0. The van der Waals surface area contributed by atoms with Crippen LogP contribution in [0.15, 0.2) is 41.8 Å². The van der Waals surface area contributed by atoms with E-state index in [1.165, 1.54) is 16.3 Å². The molecule has 2 fully saturated rings. The molecule has 0 bridgehead atoms. The molecule has 0 unspecified atom stereocenters. The molecule has 2 N–H and O–H groups in total. The third kappa shape index (κ3) is 5.56. The van der Waals surface area contributed by atoms with Gasteiger partial charge in [0, 0.05) is 30.7 Å². The molecular formula is C29H36N4O3S. The lowest BCUT2D eigenvalue weighted by atomic mass is 9.90. The monoisotopic (exact) mass is 520 g/mol. The number of rotatable bonds is 8. The number of aryl methyl sites for hydroxylation is 1. The summed E-state index contributed by atoms with van der Waals surface area (Å²) in [6, 6.07) is 12.1. The molecule has 0 spiro atoms. The molecule has 0 saturated carbocycles. The molecule has 5 rings (SSSR count). The summed E-state index contributed by atoms with van der Waals surface area (Å²) >= 11 is 1.63. The van der Waals surface area contributed by atoms with Crippen LogP contribution < -0.4 is 10.6 Å². The van der Waals surface area contributed by atoms with Crippen LogP contribution in [0.5, 0.6) is 0 Å². The predicted molar refractivity (Wildman–Crippen MR) is 147 cm³/mol. The van der Waals surface area contributed by atoms with Crippen LogP contribution in [0.25, 0.3) is 22.0 Å². The molecule has 2 aromatic carbocycles. The summed E-state index contributed by atoms with van der Waals surface area (Å²) in [4.78, 5) is 33.6. The smallest absolute Gasteiger partial charge is 0.246 e. The molecule has 2 aliphatic heterocycles. The third-order valence-corrected chi connectivity index (χ3v) is 8.56. The number of thiazole rings is 1. The first-order chi connectivity index (χ1) is 18.1. The Morgan fingerprint density at radius 2 is 1.92 bits per heavy atom. The van der Waals surface area contributed by atoms with Crippen molar-refractivity contribution in [2.45, 2.75) is 51.6 Å². The summed E-state index contributed by atoms with van der Waals surface area (Å²) in [6.45, 7) is 6.96. The van der Waals surface area contributed by atoms with Crippen molar-refractivity contribution in [3.8, 4) is 11.3 Å². The van der Waals surface area contributed by atoms with E-state index >= 15 is 0 Å². The van der Waals surface area contributed by atoms with E-state index in [-0.39, 0.29) is 30.3 Å². The van der Waals surface area contributed by atoms with Gasteiger partial charge in [0.15, 0.2) is 0 Å². The second kappa shape index (κ2) is 11.7. The minimum Gasteiger partial charge on any atom is -0.381 e. The maximum atomic E-state index is 14.0. The van der Waals surface area contributed by atoms with E-state index in [0.29, 0.717) is 26.3 Å². The van der Waals surface area contributed by atoms with Crippen LogP contribution in [0.3, 0.4) is 0 Å². The minimum absolute atomic E-state index is 0.0109. The number of hydrogen-bond donors (Lipinski definition) is 2. The van der Waals surface area contributed by atoms with Crippen molar-refractivity contribution in [2.24, 2.45) is 5.92 Å². The number of nitrogens with one attached hydrogen (secondary N) is 2. The molecule has 3 heterocycles. The Balaban J connectivity index is 1.39. The highest BCUT2D eigenvalue weighted by atomic mass is 32.1. The Morgan fingerprint density at radius 3 is 2.70 bits per heavy atom. The van der Waals surface area contributed by atoms with Gasteiger partial charge in [-0.15, -0.1) is 11.3 Å². The summed E-state index contributed by atoms with van der Waals surface area (Å²) in [5.74, 6) is -0.0409. The molecule has 0 aliphatic carbocycles. The van der Waals surface area contributed by atoms with Gasteiger partial charge in [-0.3, -0.25) is 9.59 Å². The lowest BCUT2D eigenvalue weighted by Crippen LogP contribution is -2.54. The van der Waals surface area contributed by atoms with E-state index in [0.717, 1.165) is 41.9 Å².